The van der Waals surface area contributed by atoms with Crippen LogP contribution in [0.1, 0.15) is 17.1 Å². The van der Waals surface area contributed by atoms with E-state index in [1.165, 1.54) is 0 Å². The number of carboxylic acids is 1. The molecule has 1 saturated heterocycles. The van der Waals surface area contributed by atoms with Crippen LogP contribution in [0.15, 0.2) is 5.38 Å². The summed E-state index contributed by atoms with van der Waals surface area (Å²) < 4.78 is 0. The van der Waals surface area contributed by atoms with E-state index < -0.39 is 5.97 Å². The molecule has 0 aromatic carbocycles. The van der Waals surface area contributed by atoms with Crippen LogP contribution in [0.2, 0.25) is 0 Å². The molecule has 1 aromatic rings. The second-order valence-corrected chi connectivity index (χ2v) is 5.55. The zero-order valence-electron chi connectivity index (χ0n) is 9.82. The van der Waals surface area contributed by atoms with E-state index in [2.05, 4.69) is 21.0 Å². The van der Waals surface area contributed by atoms with E-state index in [4.69, 9.17) is 5.11 Å². The fraction of sp³-hybridized carbons (Fsp3) is 0.636. The topological polar surface area (TPSA) is 74.2 Å². The molecule has 0 radical (unpaired) electrons. The summed E-state index contributed by atoms with van der Waals surface area (Å²) in [6, 6.07) is 0. The Balaban J connectivity index is 1.78. The van der Waals surface area contributed by atoms with E-state index in [1.807, 2.05) is 6.92 Å². The zero-order valence-corrected chi connectivity index (χ0v) is 10.6. The van der Waals surface area contributed by atoms with Crippen LogP contribution in [-0.2, 0) is 11.2 Å². The smallest absolute Gasteiger partial charge is 0.305 e. The third-order valence-electron chi connectivity index (χ3n) is 2.96. The largest absolute Gasteiger partial charge is 0.481 e. The molecule has 1 aliphatic rings. The highest BCUT2D eigenvalue weighted by atomic mass is 32.1. The third kappa shape index (κ3) is 3.24. The molecule has 1 fully saturated rings. The highest BCUT2D eigenvalue weighted by molar-refractivity contribution is 7.09. The van der Waals surface area contributed by atoms with Crippen molar-refractivity contribution in [3.8, 4) is 0 Å². The molecule has 2 rings (SSSR count). The molecule has 1 aliphatic heterocycles. The van der Waals surface area contributed by atoms with Gasteiger partial charge in [0.05, 0.1) is 22.7 Å². The van der Waals surface area contributed by atoms with Crippen molar-refractivity contribution in [1.29, 1.82) is 0 Å². The predicted octanol–water partition coefficient (Wildman–Crippen LogP) is 0.400. The van der Waals surface area contributed by atoms with Gasteiger partial charge < -0.3 is 15.7 Å². The Kier molecular flexibility index (Phi) is 3.76. The molecule has 2 heterocycles. The SMILES string of the molecule is Cc1nc(CCNC2(CC(=O)O)CNC2)cs1. The number of hydrogen-bond acceptors (Lipinski definition) is 5. The van der Waals surface area contributed by atoms with Gasteiger partial charge in [-0.1, -0.05) is 0 Å². The lowest BCUT2D eigenvalue weighted by Crippen LogP contribution is -2.68. The van der Waals surface area contributed by atoms with Gasteiger partial charge in [0, 0.05) is 31.4 Å². The molecule has 0 aliphatic carbocycles. The highest BCUT2D eigenvalue weighted by Gasteiger charge is 2.38. The van der Waals surface area contributed by atoms with Crippen molar-refractivity contribution in [2.24, 2.45) is 0 Å². The second-order valence-electron chi connectivity index (χ2n) is 4.49. The number of aromatic nitrogens is 1. The molecule has 0 atom stereocenters. The minimum atomic E-state index is -0.747. The van der Waals surface area contributed by atoms with Crippen LogP contribution in [-0.4, -0.2) is 41.2 Å². The normalized spacial score (nSPS) is 17.7. The lowest BCUT2D eigenvalue weighted by molar-refractivity contribution is -0.139. The quantitative estimate of drug-likeness (QED) is 0.686. The molecule has 1 aromatic heterocycles. The number of carbonyl (C=O) groups is 1. The maximum Gasteiger partial charge on any atom is 0.305 e. The molecule has 94 valence electrons. The minimum Gasteiger partial charge on any atom is -0.481 e. The van der Waals surface area contributed by atoms with Crippen LogP contribution in [0.4, 0.5) is 0 Å². The maximum atomic E-state index is 10.8. The summed E-state index contributed by atoms with van der Waals surface area (Å²) in [7, 11) is 0. The number of thiazole rings is 1. The first-order chi connectivity index (χ1) is 8.10. The number of nitrogens with zero attached hydrogens (tertiary/aromatic N) is 1. The fourth-order valence-corrected chi connectivity index (χ4v) is 2.65. The van der Waals surface area contributed by atoms with E-state index in [0.717, 1.165) is 36.8 Å². The van der Waals surface area contributed by atoms with E-state index in [0.29, 0.717) is 0 Å². The lowest BCUT2D eigenvalue weighted by atomic mass is 9.88. The maximum absolute atomic E-state index is 10.8. The summed E-state index contributed by atoms with van der Waals surface area (Å²) in [5, 5.41) is 18.4. The van der Waals surface area contributed by atoms with Crippen LogP contribution >= 0.6 is 11.3 Å². The van der Waals surface area contributed by atoms with Gasteiger partial charge in [-0.2, -0.15) is 0 Å². The summed E-state index contributed by atoms with van der Waals surface area (Å²) in [5.41, 5.74) is 0.828. The molecule has 0 amide bonds. The Morgan fingerprint density at radius 3 is 2.94 bits per heavy atom. The Morgan fingerprint density at radius 2 is 2.47 bits per heavy atom. The van der Waals surface area contributed by atoms with Gasteiger partial charge in [-0.3, -0.25) is 4.79 Å². The molecule has 0 saturated carbocycles. The number of carboxylic acid groups (broad SMARTS) is 1. The van der Waals surface area contributed by atoms with Gasteiger partial charge in [-0.15, -0.1) is 11.3 Å². The van der Waals surface area contributed by atoms with E-state index >= 15 is 0 Å². The van der Waals surface area contributed by atoms with Gasteiger partial charge >= 0.3 is 5.97 Å². The molecular weight excluding hydrogens is 238 g/mol. The number of aliphatic carboxylic acids is 1. The first-order valence-electron chi connectivity index (χ1n) is 5.68. The Labute approximate surface area is 104 Å². The molecule has 3 N–H and O–H groups in total. The van der Waals surface area contributed by atoms with Crippen molar-refractivity contribution in [1.82, 2.24) is 15.6 Å². The first-order valence-corrected chi connectivity index (χ1v) is 6.56. The second kappa shape index (κ2) is 5.12. The van der Waals surface area contributed by atoms with Crippen LogP contribution in [0.3, 0.4) is 0 Å². The predicted molar refractivity (Wildman–Crippen MR) is 66.4 cm³/mol. The van der Waals surface area contributed by atoms with Crippen LogP contribution in [0.25, 0.3) is 0 Å². The fourth-order valence-electron chi connectivity index (χ4n) is 2.01. The summed E-state index contributed by atoms with van der Waals surface area (Å²) in [5.74, 6) is -0.747. The molecule has 17 heavy (non-hydrogen) atoms. The van der Waals surface area contributed by atoms with Crippen molar-refractivity contribution in [2.75, 3.05) is 19.6 Å². The minimum absolute atomic E-state index is 0.177. The Morgan fingerprint density at radius 1 is 1.71 bits per heavy atom. The van der Waals surface area contributed by atoms with Gasteiger partial charge in [0.1, 0.15) is 0 Å². The van der Waals surface area contributed by atoms with Crippen LogP contribution in [0.5, 0.6) is 0 Å². The van der Waals surface area contributed by atoms with Crippen LogP contribution in [0, 0.1) is 6.92 Å². The monoisotopic (exact) mass is 255 g/mol. The van der Waals surface area contributed by atoms with Crippen LogP contribution < -0.4 is 10.6 Å². The molecular formula is C11H17N3O2S. The van der Waals surface area contributed by atoms with Gasteiger partial charge in [0.2, 0.25) is 0 Å². The highest BCUT2D eigenvalue weighted by Crippen LogP contribution is 2.16. The van der Waals surface area contributed by atoms with E-state index in [9.17, 15) is 4.79 Å². The molecule has 6 heteroatoms. The van der Waals surface area contributed by atoms with Gasteiger partial charge in [0.15, 0.2) is 0 Å². The molecule has 0 bridgehead atoms. The summed E-state index contributed by atoms with van der Waals surface area (Å²) in [6.45, 7) is 4.23. The van der Waals surface area contributed by atoms with Crippen molar-refractivity contribution in [3.63, 3.8) is 0 Å². The average Bonchev–Trinajstić information content (AvgIpc) is 2.60. The first kappa shape index (κ1) is 12.5. The zero-order chi connectivity index (χ0) is 12.3. The van der Waals surface area contributed by atoms with Gasteiger partial charge in [0.25, 0.3) is 0 Å². The third-order valence-corrected chi connectivity index (χ3v) is 3.79. The number of hydrogen-bond donors (Lipinski definition) is 3. The number of aryl methyl sites for hydroxylation is 1. The van der Waals surface area contributed by atoms with Crippen molar-refractivity contribution < 1.29 is 9.90 Å². The molecule has 0 spiro atoms. The Bertz CT molecular complexity index is 401. The van der Waals surface area contributed by atoms with Crippen molar-refractivity contribution in [3.05, 3.63) is 16.1 Å². The number of rotatable bonds is 6. The lowest BCUT2D eigenvalue weighted by Gasteiger charge is -2.42. The number of nitrogens with one attached hydrogen (secondary N) is 2. The van der Waals surface area contributed by atoms with Gasteiger partial charge in [-0.25, -0.2) is 4.98 Å². The summed E-state index contributed by atoms with van der Waals surface area (Å²) in [6.07, 6.45) is 1.03. The summed E-state index contributed by atoms with van der Waals surface area (Å²) >= 11 is 1.65. The average molecular weight is 255 g/mol. The standard InChI is InChI=1S/C11H17N3O2S/c1-8-14-9(5-17-8)2-3-13-11(4-10(15)16)6-12-7-11/h5,12-13H,2-4,6-7H2,1H3,(H,15,16). The van der Waals surface area contributed by atoms with Gasteiger partial charge in [-0.05, 0) is 6.92 Å². The molecule has 0 unspecified atom stereocenters. The summed E-state index contributed by atoms with van der Waals surface area (Å²) in [4.78, 5) is 15.1. The molecule has 5 nitrogen and oxygen atoms in total. The van der Waals surface area contributed by atoms with E-state index in [-0.39, 0.29) is 12.0 Å². The van der Waals surface area contributed by atoms with Crippen molar-refractivity contribution in [2.45, 2.75) is 25.3 Å². The van der Waals surface area contributed by atoms with E-state index in [1.54, 1.807) is 11.3 Å². The Hall–Kier alpha value is -0.980. The van der Waals surface area contributed by atoms with Crippen molar-refractivity contribution >= 4 is 17.3 Å².